The summed E-state index contributed by atoms with van der Waals surface area (Å²) >= 11 is 0. The largest absolute Gasteiger partial charge is 0.193 e. The Hall–Kier alpha value is -1.29. The first-order chi connectivity index (χ1) is 7.41. The zero-order valence-electron chi connectivity index (χ0n) is 9.49. The fourth-order valence-electron chi connectivity index (χ4n) is 1.29. The first-order valence-corrected chi connectivity index (χ1v) is 5.72. The Balaban J connectivity index is 3.14. The van der Waals surface area contributed by atoms with Crippen LogP contribution in [0.25, 0.3) is 0 Å². The van der Waals surface area contributed by atoms with Crippen LogP contribution in [0.15, 0.2) is 37.0 Å². The van der Waals surface area contributed by atoms with E-state index < -0.39 is 0 Å². The molecule has 0 rings (SSSR count). The van der Waals surface area contributed by atoms with Crippen molar-refractivity contribution in [2.24, 2.45) is 0 Å². The number of nitriles is 1. The average Bonchev–Trinajstić information content (AvgIpc) is 2.26. The second kappa shape index (κ2) is 12.7. The van der Waals surface area contributed by atoms with Crippen LogP contribution in [0.5, 0.6) is 0 Å². The molecule has 0 bridgehead atoms. The Bertz CT molecular complexity index is 230. The molecule has 0 aliphatic heterocycles. The third-order valence-corrected chi connectivity index (χ3v) is 2.14. The van der Waals surface area contributed by atoms with Crippen molar-refractivity contribution in [1.29, 1.82) is 5.26 Å². The minimum Gasteiger partial charge on any atom is -0.193 e. The van der Waals surface area contributed by atoms with E-state index in [0.29, 0.717) is 0 Å². The van der Waals surface area contributed by atoms with Crippen LogP contribution < -0.4 is 0 Å². The van der Waals surface area contributed by atoms with Crippen molar-refractivity contribution in [3.8, 4) is 6.07 Å². The number of unbranched alkanes of at least 4 members (excludes halogenated alkanes) is 5. The zero-order valence-corrected chi connectivity index (χ0v) is 9.49. The first-order valence-electron chi connectivity index (χ1n) is 5.72. The molecule has 0 radical (unpaired) electrons. The quantitative estimate of drug-likeness (QED) is 0.306. The van der Waals surface area contributed by atoms with Crippen LogP contribution in [-0.4, -0.2) is 0 Å². The van der Waals surface area contributed by atoms with Gasteiger partial charge < -0.3 is 0 Å². The molecule has 0 aromatic carbocycles. The summed E-state index contributed by atoms with van der Waals surface area (Å²) in [5.41, 5.74) is 0. The molecule has 0 aromatic heterocycles. The average molecular weight is 203 g/mol. The minimum atomic E-state index is 0.973. The van der Waals surface area contributed by atoms with Crippen molar-refractivity contribution in [2.75, 3.05) is 0 Å². The Morgan fingerprint density at radius 1 is 0.867 bits per heavy atom. The molecule has 15 heavy (non-hydrogen) atoms. The molecule has 0 aliphatic rings. The summed E-state index contributed by atoms with van der Waals surface area (Å²) in [6, 6.07) is 1.99. The number of allylic oxidation sites excluding steroid dienone is 5. The van der Waals surface area contributed by atoms with Gasteiger partial charge in [-0.3, -0.25) is 0 Å². The van der Waals surface area contributed by atoms with Gasteiger partial charge in [-0.1, -0.05) is 30.7 Å². The van der Waals surface area contributed by atoms with Gasteiger partial charge in [-0.05, 0) is 38.5 Å². The summed E-state index contributed by atoms with van der Waals surface area (Å²) in [7, 11) is 0. The summed E-state index contributed by atoms with van der Waals surface area (Å²) in [4.78, 5) is 0. The van der Waals surface area contributed by atoms with Crippen LogP contribution in [0.4, 0.5) is 0 Å². The summed E-state index contributed by atoms with van der Waals surface area (Å²) in [6.45, 7) is 3.70. The minimum absolute atomic E-state index is 0.973. The summed E-state index contributed by atoms with van der Waals surface area (Å²) in [5.74, 6) is 0. The van der Waals surface area contributed by atoms with E-state index in [1.807, 2.05) is 18.2 Å². The molecular formula is C14H21N. The van der Waals surface area contributed by atoms with Crippen molar-refractivity contribution in [3.05, 3.63) is 37.0 Å². The molecule has 0 fully saturated rings. The molecule has 0 unspecified atom stereocenters. The van der Waals surface area contributed by atoms with Crippen molar-refractivity contribution in [1.82, 2.24) is 0 Å². The molecule has 1 heteroatoms. The molecule has 0 atom stereocenters. The van der Waals surface area contributed by atoms with Crippen LogP contribution in [0.1, 0.15) is 44.9 Å². The highest BCUT2D eigenvalue weighted by Crippen LogP contribution is 2.04. The van der Waals surface area contributed by atoms with Crippen molar-refractivity contribution in [2.45, 2.75) is 44.9 Å². The zero-order chi connectivity index (χ0) is 11.2. The summed E-state index contributed by atoms with van der Waals surface area (Å²) in [6.07, 6.45) is 18.1. The van der Waals surface area contributed by atoms with Gasteiger partial charge in [0.15, 0.2) is 0 Å². The van der Waals surface area contributed by atoms with E-state index in [0.717, 1.165) is 19.3 Å². The second-order valence-electron chi connectivity index (χ2n) is 3.51. The van der Waals surface area contributed by atoms with E-state index in [1.54, 1.807) is 6.08 Å². The number of nitrogens with zero attached hydrogens (tertiary/aromatic N) is 1. The molecule has 1 nitrogen and oxygen atoms in total. The SMILES string of the molecule is C=CCCCCC/C=C/CC/C=C/C#N. The van der Waals surface area contributed by atoms with Crippen LogP contribution in [0.2, 0.25) is 0 Å². The van der Waals surface area contributed by atoms with Gasteiger partial charge in [0.05, 0.1) is 6.07 Å². The lowest BCUT2D eigenvalue weighted by Crippen LogP contribution is -1.74. The molecule has 82 valence electrons. The lowest BCUT2D eigenvalue weighted by molar-refractivity contribution is 0.695. The van der Waals surface area contributed by atoms with E-state index in [1.165, 1.54) is 25.7 Å². The topological polar surface area (TPSA) is 23.8 Å². The Kier molecular flexibility index (Phi) is 11.6. The van der Waals surface area contributed by atoms with Crippen LogP contribution >= 0.6 is 0 Å². The number of rotatable bonds is 9. The molecule has 0 aliphatic carbocycles. The summed E-state index contributed by atoms with van der Waals surface area (Å²) < 4.78 is 0. The lowest BCUT2D eigenvalue weighted by Gasteiger charge is -1.94. The smallest absolute Gasteiger partial charge is 0.0908 e. The van der Waals surface area contributed by atoms with Crippen LogP contribution in [-0.2, 0) is 0 Å². The second-order valence-corrected chi connectivity index (χ2v) is 3.51. The molecule has 0 saturated heterocycles. The third-order valence-electron chi connectivity index (χ3n) is 2.14. The van der Waals surface area contributed by atoms with Gasteiger partial charge in [0, 0.05) is 6.08 Å². The Morgan fingerprint density at radius 2 is 1.53 bits per heavy atom. The standard InChI is InChI=1S/C14H21N/c1-2-3-4-5-6-7-8-9-10-11-12-13-14-15/h2,8-9,12-13H,1,3-7,10-11H2/b9-8+,13-12+. The lowest BCUT2D eigenvalue weighted by atomic mass is 10.1. The van der Waals surface area contributed by atoms with Crippen LogP contribution in [0, 0.1) is 11.3 Å². The molecule has 0 aromatic rings. The predicted molar refractivity (Wildman–Crippen MR) is 66.4 cm³/mol. The monoisotopic (exact) mass is 203 g/mol. The number of hydrogen-bond donors (Lipinski definition) is 0. The molecule has 0 amide bonds. The Morgan fingerprint density at radius 3 is 2.27 bits per heavy atom. The highest BCUT2D eigenvalue weighted by molar-refractivity contribution is 5.02. The van der Waals surface area contributed by atoms with E-state index in [-0.39, 0.29) is 0 Å². The molecular weight excluding hydrogens is 182 g/mol. The Labute approximate surface area is 93.8 Å². The fraction of sp³-hybridized carbons (Fsp3) is 0.500. The van der Waals surface area contributed by atoms with Gasteiger partial charge in [0.2, 0.25) is 0 Å². The molecule has 0 saturated carbocycles. The van der Waals surface area contributed by atoms with E-state index in [9.17, 15) is 0 Å². The predicted octanol–water partition coefficient (Wildman–Crippen LogP) is 4.54. The normalized spacial score (nSPS) is 10.9. The van der Waals surface area contributed by atoms with Crippen molar-refractivity contribution >= 4 is 0 Å². The molecule has 0 N–H and O–H groups in total. The van der Waals surface area contributed by atoms with Gasteiger partial charge in [-0.25, -0.2) is 0 Å². The maximum Gasteiger partial charge on any atom is 0.0908 e. The van der Waals surface area contributed by atoms with E-state index >= 15 is 0 Å². The van der Waals surface area contributed by atoms with Gasteiger partial charge in [0.25, 0.3) is 0 Å². The van der Waals surface area contributed by atoms with Crippen molar-refractivity contribution < 1.29 is 0 Å². The van der Waals surface area contributed by atoms with Gasteiger partial charge in [-0.15, -0.1) is 6.58 Å². The molecule has 0 heterocycles. The third kappa shape index (κ3) is 12.7. The van der Waals surface area contributed by atoms with E-state index in [4.69, 9.17) is 5.26 Å². The van der Waals surface area contributed by atoms with Crippen molar-refractivity contribution in [3.63, 3.8) is 0 Å². The van der Waals surface area contributed by atoms with Gasteiger partial charge in [-0.2, -0.15) is 5.26 Å². The number of hydrogen-bond acceptors (Lipinski definition) is 1. The highest BCUT2D eigenvalue weighted by Gasteiger charge is 1.84. The van der Waals surface area contributed by atoms with Gasteiger partial charge in [0.1, 0.15) is 0 Å². The highest BCUT2D eigenvalue weighted by atomic mass is 14.2. The summed E-state index contributed by atoms with van der Waals surface area (Å²) in [5, 5.41) is 8.25. The van der Waals surface area contributed by atoms with Gasteiger partial charge >= 0.3 is 0 Å². The fourth-order valence-corrected chi connectivity index (χ4v) is 1.29. The maximum absolute atomic E-state index is 8.25. The first kappa shape index (κ1) is 13.7. The van der Waals surface area contributed by atoms with E-state index in [2.05, 4.69) is 18.7 Å². The molecule has 0 spiro atoms. The maximum atomic E-state index is 8.25. The van der Waals surface area contributed by atoms with Crippen LogP contribution in [0.3, 0.4) is 0 Å².